The normalized spacial score (nSPS) is 23.0. The second-order valence-electron chi connectivity index (χ2n) is 8.81. The first-order valence-corrected chi connectivity index (χ1v) is 12.3. The minimum atomic E-state index is -0.770. The average molecular weight is 505 g/mol. The van der Waals surface area contributed by atoms with Gasteiger partial charge < -0.3 is 19.8 Å². The number of phenols is 2. The zero-order chi connectivity index (χ0) is 25.4. The van der Waals surface area contributed by atoms with Gasteiger partial charge in [-0.2, -0.15) is 0 Å². The topological polar surface area (TPSA) is 108 Å². The van der Waals surface area contributed by atoms with Crippen LogP contribution in [0.15, 0.2) is 36.1 Å². The summed E-state index contributed by atoms with van der Waals surface area (Å²) < 4.78 is 5.28. The second-order valence-corrected chi connectivity index (χ2v) is 9.19. The third kappa shape index (κ3) is 7.02. The van der Waals surface area contributed by atoms with E-state index in [9.17, 15) is 19.8 Å². The number of likely N-dealkylation sites (tertiary alicyclic amines) is 1. The quantitative estimate of drug-likeness (QED) is 0.305. The van der Waals surface area contributed by atoms with Gasteiger partial charge >= 0.3 is 5.97 Å². The molecule has 0 bridgehead atoms. The lowest BCUT2D eigenvalue weighted by molar-refractivity contribution is -0.144. The van der Waals surface area contributed by atoms with Crippen molar-refractivity contribution in [3.05, 3.63) is 52.2 Å². The number of amides is 1. The summed E-state index contributed by atoms with van der Waals surface area (Å²) in [5.74, 6) is -1.74. The van der Waals surface area contributed by atoms with Crippen LogP contribution in [0.3, 0.4) is 0 Å². The zero-order valence-corrected chi connectivity index (χ0v) is 20.9. The van der Waals surface area contributed by atoms with Crippen LogP contribution < -0.4 is 5.48 Å². The number of carbonyl (C=O) groups excluding carboxylic acids is 2. The van der Waals surface area contributed by atoms with Crippen LogP contribution in [0, 0.1) is 0 Å². The lowest BCUT2D eigenvalue weighted by atomic mass is 9.97. The van der Waals surface area contributed by atoms with Gasteiger partial charge in [0, 0.05) is 23.7 Å². The molecule has 1 fully saturated rings. The van der Waals surface area contributed by atoms with E-state index in [0.29, 0.717) is 12.1 Å². The van der Waals surface area contributed by atoms with Crippen LogP contribution >= 0.6 is 11.6 Å². The first-order valence-electron chi connectivity index (χ1n) is 11.9. The summed E-state index contributed by atoms with van der Waals surface area (Å²) in [5.41, 5.74) is 3.03. The standard InChI is InChI=1S/C26H33ClN2O6/c1-17-10-9-11-18(2)29(17)23(32)16-35-28-19-12-7-5-3-4-6-8-13-34-26(33)24-20(14-19)25(27)22(31)15-21(24)30/h4,6-7,12,14-15,17-18,28,30-31H,3,5,8-11,13,16H2,1-2H3/b6-4?,12-7?,19-14-. The predicted molar refractivity (Wildman–Crippen MR) is 134 cm³/mol. The Morgan fingerprint density at radius 3 is 2.57 bits per heavy atom. The highest BCUT2D eigenvalue weighted by atomic mass is 35.5. The minimum Gasteiger partial charge on any atom is -0.507 e. The summed E-state index contributed by atoms with van der Waals surface area (Å²) in [7, 11) is 0. The van der Waals surface area contributed by atoms with Gasteiger partial charge in [0.1, 0.15) is 17.1 Å². The predicted octanol–water partition coefficient (Wildman–Crippen LogP) is 4.86. The second kappa shape index (κ2) is 12.7. The number of piperidine rings is 1. The molecule has 0 spiro atoms. The molecule has 1 aromatic rings. The first-order chi connectivity index (χ1) is 16.8. The van der Waals surface area contributed by atoms with Gasteiger partial charge in [0.15, 0.2) is 6.61 Å². The number of halogens is 1. The summed E-state index contributed by atoms with van der Waals surface area (Å²) >= 11 is 6.31. The molecule has 8 nitrogen and oxygen atoms in total. The highest BCUT2D eigenvalue weighted by molar-refractivity contribution is 6.34. The molecule has 35 heavy (non-hydrogen) atoms. The number of rotatable bonds is 4. The van der Waals surface area contributed by atoms with E-state index in [1.54, 1.807) is 6.08 Å². The molecule has 0 radical (unpaired) electrons. The van der Waals surface area contributed by atoms with Gasteiger partial charge in [0.05, 0.1) is 17.3 Å². The van der Waals surface area contributed by atoms with Crippen LogP contribution in [-0.4, -0.2) is 52.3 Å². The number of phenolic OH excluding ortho intramolecular Hbond substituents is 2. The van der Waals surface area contributed by atoms with E-state index < -0.39 is 11.7 Å². The molecule has 1 amide bonds. The molecule has 2 aliphatic heterocycles. The van der Waals surface area contributed by atoms with E-state index in [0.717, 1.165) is 38.2 Å². The molecule has 190 valence electrons. The van der Waals surface area contributed by atoms with Crippen LogP contribution in [0.1, 0.15) is 68.3 Å². The molecule has 1 aromatic carbocycles. The van der Waals surface area contributed by atoms with E-state index >= 15 is 0 Å². The Morgan fingerprint density at radius 2 is 1.83 bits per heavy atom. The van der Waals surface area contributed by atoms with Crippen molar-refractivity contribution in [2.24, 2.45) is 0 Å². The molecule has 2 heterocycles. The number of hydroxylamine groups is 1. The number of aromatic hydroxyl groups is 2. The van der Waals surface area contributed by atoms with Gasteiger partial charge in [0.2, 0.25) is 0 Å². The van der Waals surface area contributed by atoms with E-state index in [4.69, 9.17) is 21.2 Å². The molecular formula is C26H33ClN2O6. The number of fused-ring (bicyclic) bond motifs is 1. The van der Waals surface area contributed by atoms with Crippen molar-refractivity contribution in [3.8, 4) is 11.5 Å². The van der Waals surface area contributed by atoms with E-state index in [1.165, 1.54) is 6.08 Å². The van der Waals surface area contributed by atoms with Gasteiger partial charge in [-0.15, -0.1) is 0 Å². The Labute approximate surface area is 210 Å². The Hall–Kier alpha value is -2.97. The molecule has 3 N–H and O–H groups in total. The van der Waals surface area contributed by atoms with Crippen LogP contribution in [0.2, 0.25) is 5.02 Å². The van der Waals surface area contributed by atoms with E-state index in [1.807, 2.05) is 37.0 Å². The fourth-order valence-electron chi connectivity index (χ4n) is 4.37. The third-order valence-electron chi connectivity index (χ3n) is 6.11. The van der Waals surface area contributed by atoms with Crippen molar-refractivity contribution >= 4 is 29.6 Å². The summed E-state index contributed by atoms with van der Waals surface area (Å²) in [5, 5.41) is 20.4. The third-order valence-corrected chi connectivity index (χ3v) is 6.51. The summed E-state index contributed by atoms with van der Waals surface area (Å²) in [6, 6.07) is 1.30. The summed E-state index contributed by atoms with van der Waals surface area (Å²) in [6.07, 6.45) is 14.1. The number of allylic oxidation sites excluding steroid dienone is 3. The largest absolute Gasteiger partial charge is 0.507 e. The Morgan fingerprint density at radius 1 is 1.14 bits per heavy atom. The Bertz CT molecular complexity index is 1010. The summed E-state index contributed by atoms with van der Waals surface area (Å²) in [4.78, 5) is 32.9. The maximum absolute atomic E-state index is 12.8. The number of benzene rings is 1. The maximum atomic E-state index is 12.8. The number of carbonyl (C=O) groups is 2. The highest BCUT2D eigenvalue weighted by Crippen LogP contribution is 2.38. The van der Waals surface area contributed by atoms with Crippen LogP contribution in [0.5, 0.6) is 11.5 Å². The van der Waals surface area contributed by atoms with Crippen molar-refractivity contribution < 1.29 is 29.4 Å². The number of ether oxygens (including phenoxy) is 1. The molecular weight excluding hydrogens is 472 g/mol. The molecule has 2 unspecified atom stereocenters. The number of hydrogen-bond acceptors (Lipinski definition) is 7. The highest BCUT2D eigenvalue weighted by Gasteiger charge is 2.29. The Balaban J connectivity index is 1.86. The van der Waals surface area contributed by atoms with Crippen LogP contribution in [0.4, 0.5) is 0 Å². The number of hydrogen-bond donors (Lipinski definition) is 3. The molecule has 0 saturated carbocycles. The average Bonchev–Trinajstić information content (AvgIpc) is 2.80. The number of esters is 1. The zero-order valence-electron chi connectivity index (χ0n) is 20.1. The lowest BCUT2D eigenvalue weighted by Gasteiger charge is -2.38. The molecule has 2 atom stereocenters. The molecule has 9 heteroatoms. The van der Waals surface area contributed by atoms with Crippen molar-refractivity contribution in [1.82, 2.24) is 10.4 Å². The SMILES string of the molecule is CC1CCCC(C)N1C(=O)CON/C1=C\c2c(Cl)c(O)cc(O)c2C(=O)OCCC=CCCC=C1. The van der Waals surface area contributed by atoms with Crippen molar-refractivity contribution in [2.45, 2.75) is 64.5 Å². The van der Waals surface area contributed by atoms with Gasteiger partial charge in [-0.25, -0.2) is 4.79 Å². The van der Waals surface area contributed by atoms with Crippen LogP contribution in [-0.2, 0) is 14.4 Å². The van der Waals surface area contributed by atoms with Crippen molar-refractivity contribution in [1.29, 1.82) is 0 Å². The lowest BCUT2D eigenvalue weighted by Crippen LogP contribution is -2.49. The fraction of sp³-hybridized carbons (Fsp3) is 0.462. The molecule has 1 saturated heterocycles. The maximum Gasteiger partial charge on any atom is 0.342 e. The first kappa shape index (κ1) is 26.6. The number of nitrogens with one attached hydrogen (secondary N) is 1. The van der Waals surface area contributed by atoms with Crippen molar-refractivity contribution in [2.75, 3.05) is 13.2 Å². The van der Waals surface area contributed by atoms with E-state index in [-0.39, 0.29) is 53.1 Å². The van der Waals surface area contributed by atoms with Gasteiger partial charge in [-0.05, 0) is 64.5 Å². The van der Waals surface area contributed by atoms with Gasteiger partial charge in [0.25, 0.3) is 5.91 Å². The van der Waals surface area contributed by atoms with E-state index in [2.05, 4.69) is 5.48 Å². The van der Waals surface area contributed by atoms with Crippen molar-refractivity contribution in [3.63, 3.8) is 0 Å². The van der Waals surface area contributed by atoms with Gasteiger partial charge in [-0.3, -0.25) is 15.1 Å². The molecule has 3 rings (SSSR count). The minimum absolute atomic E-state index is 0.0714. The number of cyclic esters (lactones) is 1. The molecule has 2 aliphatic rings. The monoisotopic (exact) mass is 504 g/mol. The fourth-order valence-corrected chi connectivity index (χ4v) is 4.57. The van der Waals surface area contributed by atoms with Crippen LogP contribution in [0.25, 0.3) is 6.08 Å². The molecule has 0 aliphatic carbocycles. The number of nitrogens with zero attached hydrogens (tertiary/aromatic N) is 1. The summed E-state index contributed by atoms with van der Waals surface area (Å²) in [6.45, 7) is 4.02. The molecule has 0 aromatic heterocycles. The Kier molecular flexibility index (Phi) is 9.63. The van der Waals surface area contributed by atoms with Gasteiger partial charge in [-0.1, -0.05) is 29.8 Å². The smallest absolute Gasteiger partial charge is 0.342 e.